The van der Waals surface area contributed by atoms with E-state index in [2.05, 4.69) is 4.90 Å². The lowest BCUT2D eigenvalue weighted by Gasteiger charge is -2.57. The molecule has 2 aromatic rings. The second kappa shape index (κ2) is 15.7. The molecule has 2 aromatic carbocycles. The molecule has 2 heterocycles. The Morgan fingerprint density at radius 2 is 1.21 bits per heavy atom. The molecule has 1 amide bonds. The number of rotatable bonds is 5. The smallest absolute Gasteiger partial charge is 0.294 e. The van der Waals surface area contributed by atoms with E-state index in [1.54, 1.807) is 24.3 Å². The van der Waals surface area contributed by atoms with Gasteiger partial charge >= 0.3 is 0 Å². The zero-order valence-electron chi connectivity index (χ0n) is 30.1. The summed E-state index contributed by atoms with van der Waals surface area (Å²) < 4.78 is 65.9. The van der Waals surface area contributed by atoms with Gasteiger partial charge in [-0.2, -0.15) is 26.6 Å². The number of benzene rings is 2. The zero-order valence-corrected chi connectivity index (χ0v) is 31.7. The first-order chi connectivity index (χ1) is 24.6. The molecule has 288 valence electrons. The maximum atomic E-state index is 11.8. The molecule has 4 N–H and O–H groups in total. The number of nitrogens with two attached hydrogens (primary N) is 1. The van der Waals surface area contributed by atoms with Crippen LogP contribution in [0.2, 0.25) is 0 Å². The fourth-order valence-electron chi connectivity index (χ4n) is 9.19. The van der Waals surface area contributed by atoms with Gasteiger partial charge in [0.1, 0.15) is 0 Å². The summed E-state index contributed by atoms with van der Waals surface area (Å²) in [5.41, 5.74) is 7.41. The van der Waals surface area contributed by atoms with Crippen LogP contribution in [0, 0.1) is 43.4 Å². The molecule has 0 atom stereocenters. The average Bonchev–Trinajstić information content (AvgIpc) is 3.48. The summed E-state index contributed by atoms with van der Waals surface area (Å²) in [6.07, 6.45) is 10.7. The second-order valence-corrected chi connectivity index (χ2v) is 18.5. The minimum Gasteiger partial charge on any atom is -0.339 e. The predicted octanol–water partition coefficient (Wildman–Crippen LogP) is 4.59. The first kappa shape index (κ1) is 39.2. The Bertz CT molecular complexity index is 1650. The molecule has 0 unspecified atom stereocenters. The Morgan fingerprint density at radius 1 is 0.750 bits per heavy atom. The third kappa shape index (κ3) is 9.07. The van der Waals surface area contributed by atoms with Crippen molar-refractivity contribution in [1.82, 2.24) is 9.80 Å². The summed E-state index contributed by atoms with van der Waals surface area (Å²) >= 11 is 0. The lowest BCUT2D eigenvalue weighted by Crippen LogP contribution is -2.59. The monoisotopic (exact) mass is 763 g/mol. The highest BCUT2D eigenvalue weighted by atomic mass is 32.2. The molecule has 2 aliphatic heterocycles. The molecule has 0 aromatic heterocycles. The number of hydrogen-bond donors (Lipinski definition) is 3. The molecule has 0 radical (unpaired) electrons. The highest BCUT2D eigenvalue weighted by Crippen LogP contribution is 2.63. The maximum absolute atomic E-state index is 11.8. The summed E-state index contributed by atoms with van der Waals surface area (Å²) in [7, 11) is -8.04. The van der Waals surface area contributed by atoms with E-state index in [9.17, 15) is 21.6 Å². The van der Waals surface area contributed by atoms with Crippen LogP contribution in [-0.2, 0) is 39.5 Å². The first-order valence-electron chi connectivity index (χ1n) is 18.4. The summed E-state index contributed by atoms with van der Waals surface area (Å²) in [5.74, 6) is 2.69. The fraction of sp³-hybridized carbons (Fsp3) is 0.649. The number of hydrogen-bond acceptors (Lipinski definition) is 10. The molecule has 4 bridgehead atoms. The van der Waals surface area contributed by atoms with Crippen molar-refractivity contribution in [2.24, 2.45) is 35.3 Å². The first-order valence-corrected chi connectivity index (χ1v) is 21.3. The van der Waals surface area contributed by atoms with E-state index >= 15 is 0 Å². The molecule has 2 spiro atoms. The van der Waals surface area contributed by atoms with Crippen LogP contribution < -0.4 is 5.73 Å². The Kier molecular flexibility index (Phi) is 11.9. The minimum absolute atomic E-state index is 0.0666. The van der Waals surface area contributed by atoms with Crippen molar-refractivity contribution in [1.29, 1.82) is 0 Å². The van der Waals surface area contributed by atoms with Crippen molar-refractivity contribution in [2.45, 2.75) is 93.0 Å². The normalized spacial score (nSPS) is 32.6. The van der Waals surface area contributed by atoms with Crippen molar-refractivity contribution in [3.05, 3.63) is 59.7 Å². The number of ether oxygens (including phenoxy) is 1. The van der Waals surface area contributed by atoms with Gasteiger partial charge in [0.25, 0.3) is 20.2 Å². The van der Waals surface area contributed by atoms with E-state index in [0.29, 0.717) is 17.8 Å². The average molecular weight is 764 g/mol. The van der Waals surface area contributed by atoms with Gasteiger partial charge < -0.3 is 15.4 Å². The third-order valence-corrected chi connectivity index (χ3v) is 13.6. The fourth-order valence-corrected chi connectivity index (χ4v) is 10.1. The summed E-state index contributed by atoms with van der Waals surface area (Å²) in [4.78, 5) is 28.3. The number of carbonyl (C=O) groups is 1. The topological polar surface area (TPSA) is 186 Å². The largest absolute Gasteiger partial charge is 0.339 e. The van der Waals surface area contributed by atoms with Crippen LogP contribution in [0.25, 0.3) is 0 Å². The SMILES string of the molecule is Cc1ccc(S(=O)(=O)O)cc1.Cc1ccc(S(=O)(=O)O)cc1.NCC(=O)N1CCN(CC2CCC3(CC2)OOC2(O3)C3CC4CC(C3)CC2C4)CC1. The van der Waals surface area contributed by atoms with Gasteiger partial charge in [-0.15, -0.1) is 0 Å². The number of amides is 1. The second-order valence-electron chi connectivity index (χ2n) is 15.6. The van der Waals surface area contributed by atoms with Crippen LogP contribution in [0.1, 0.15) is 68.9 Å². The number of aryl methyl sites for hydroxylation is 2. The van der Waals surface area contributed by atoms with Gasteiger partial charge in [-0.1, -0.05) is 35.4 Å². The van der Waals surface area contributed by atoms with Crippen molar-refractivity contribution >= 4 is 26.1 Å². The zero-order chi connectivity index (χ0) is 37.3. The van der Waals surface area contributed by atoms with E-state index in [1.807, 2.05) is 18.7 Å². The molecule has 15 heteroatoms. The molecular formula is C37H53N3O10S2. The Labute approximate surface area is 307 Å². The minimum atomic E-state index is -4.02. The third-order valence-electron chi connectivity index (χ3n) is 11.9. The van der Waals surface area contributed by atoms with Crippen LogP contribution in [0.4, 0.5) is 0 Å². The molecule has 5 aliphatic carbocycles. The summed E-state index contributed by atoms with van der Waals surface area (Å²) in [6, 6.07) is 12.0. The Morgan fingerprint density at radius 3 is 1.63 bits per heavy atom. The van der Waals surface area contributed by atoms with Gasteiger partial charge in [-0.25, -0.2) is 0 Å². The van der Waals surface area contributed by atoms with Crippen LogP contribution in [0.3, 0.4) is 0 Å². The molecule has 13 nitrogen and oxygen atoms in total. The number of carbonyl (C=O) groups excluding carboxylic acids is 1. The van der Waals surface area contributed by atoms with Crippen LogP contribution in [-0.4, -0.2) is 92.5 Å². The number of nitrogens with zero attached hydrogens (tertiary/aromatic N) is 2. The molecule has 7 aliphatic rings. The molecule has 2 saturated heterocycles. The lowest BCUT2D eigenvalue weighted by atomic mass is 9.53. The van der Waals surface area contributed by atoms with Gasteiger partial charge in [0.2, 0.25) is 17.5 Å². The van der Waals surface area contributed by atoms with Crippen LogP contribution in [0.15, 0.2) is 58.3 Å². The number of piperazine rings is 1. The van der Waals surface area contributed by atoms with E-state index in [-0.39, 0.29) is 22.2 Å². The molecule has 52 heavy (non-hydrogen) atoms. The van der Waals surface area contributed by atoms with E-state index in [1.165, 1.54) is 56.4 Å². The highest BCUT2D eigenvalue weighted by Gasteiger charge is 2.66. The van der Waals surface area contributed by atoms with Crippen molar-refractivity contribution in [3.63, 3.8) is 0 Å². The molecular weight excluding hydrogens is 711 g/mol. The van der Waals surface area contributed by atoms with Gasteiger partial charge in [-0.3, -0.25) is 18.8 Å². The summed E-state index contributed by atoms with van der Waals surface area (Å²) in [6.45, 7) is 8.44. The Hall–Kier alpha value is -2.47. The van der Waals surface area contributed by atoms with E-state index < -0.39 is 31.8 Å². The molecule has 7 fully saturated rings. The standard InChI is InChI=1S/C23H37N3O4.2C7H8O3S/c24-14-21(27)26-7-5-25(6-8-26)15-16-1-3-22(4-2-16)28-23(30-29-22)19-10-17-9-18(12-19)13-20(23)11-17;2*1-6-2-4-7(5-3-6)11(8,9)10/h16-20H,1-15,24H2;2*2-5H,1H3,(H,8,9,10). The van der Waals surface area contributed by atoms with Gasteiger partial charge in [0.05, 0.1) is 16.3 Å². The van der Waals surface area contributed by atoms with E-state index in [0.717, 1.165) is 81.4 Å². The lowest BCUT2D eigenvalue weighted by molar-refractivity contribution is -0.390. The van der Waals surface area contributed by atoms with Crippen LogP contribution in [0.5, 0.6) is 0 Å². The van der Waals surface area contributed by atoms with Crippen molar-refractivity contribution in [3.8, 4) is 0 Å². The van der Waals surface area contributed by atoms with Crippen molar-refractivity contribution < 1.29 is 45.2 Å². The van der Waals surface area contributed by atoms with Gasteiger partial charge in [0, 0.05) is 57.4 Å². The van der Waals surface area contributed by atoms with Gasteiger partial charge in [-0.05, 0) is 101 Å². The quantitative estimate of drug-likeness (QED) is 0.285. The van der Waals surface area contributed by atoms with Crippen molar-refractivity contribution in [2.75, 3.05) is 39.3 Å². The van der Waals surface area contributed by atoms with Gasteiger partial charge in [0.15, 0.2) is 0 Å². The molecule has 9 rings (SSSR count). The summed E-state index contributed by atoms with van der Waals surface area (Å²) in [5, 5.41) is 0. The maximum Gasteiger partial charge on any atom is 0.294 e. The van der Waals surface area contributed by atoms with E-state index in [4.69, 9.17) is 29.4 Å². The highest BCUT2D eigenvalue weighted by molar-refractivity contribution is 7.86. The Balaban J connectivity index is 0.000000173. The van der Waals surface area contributed by atoms with Crippen LogP contribution >= 0.6 is 0 Å². The molecule has 5 saturated carbocycles. The predicted molar refractivity (Wildman–Crippen MR) is 192 cm³/mol.